The maximum atomic E-state index is 12.6. The predicted molar refractivity (Wildman–Crippen MR) is 87.1 cm³/mol. The number of aromatic nitrogens is 3. The summed E-state index contributed by atoms with van der Waals surface area (Å²) in [5, 5.41) is 3.14. The molecular weight excluding hydrogens is 288 g/mol. The second-order valence-corrected chi connectivity index (χ2v) is 6.09. The van der Waals surface area contributed by atoms with Crippen LogP contribution in [0.3, 0.4) is 0 Å². The van der Waals surface area contributed by atoms with Crippen molar-refractivity contribution in [2.45, 2.75) is 25.8 Å². The molecule has 0 spiro atoms. The minimum absolute atomic E-state index is 0.0338. The molecule has 3 heterocycles. The van der Waals surface area contributed by atoms with Crippen molar-refractivity contribution < 1.29 is 4.79 Å². The van der Waals surface area contributed by atoms with E-state index in [1.165, 1.54) is 0 Å². The van der Waals surface area contributed by atoms with Crippen molar-refractivity contribution in [3.63, 3.8) is 0 Å². The van der Waals surface area contributed by atoms with Gasteiger partial charge in [-0.25, -0.2) is 4.98 Å². The van der Waals surface area contributed by atoms with Crippen molar-refractivity contribution in [1.29, 1.82) is 0 Å². The van der Waals surface area contributed by atoms with E-state index in [4.69, 9.17) is 0 Å². The van der Waals surface area contributed by atoms with Crippen LogP contribution in [-0.2, 0) is 0 Å². The highest BCUT2D eigenvalue weighted by molar-refractivity contribution is 5.93. The molecule has 0 aliphatic heterocycles. The molecule has 1 fully saturated rings. The van der Waals surface area contributed by atoms with Crippen LogP contribution in [0.5, 0.6) is 0 Å². The Morgan fingerprint density at radius 3 is 2.91 bits per heavy atom. The lowest BCUT2D eigenvalue weighted by Gasteiger charge is -2.19. The van der Waals surface area contributed by atoms with E-state index in [2.05, 4.69) is 15.3 Å². The molecule has 1 aliphatic rings. The van der Waals surface area contributed by atoms with Crippen LogP contribution in [0.2, 0.25) is 0 Å². The summed E-state index contributed by atoms with van der Waals surface area (Å²) in [6.07, 6.45) is 7.70. The lowest BCUT2D eigenvalue weighted by atomic mass is 10.0. The molecular formula is C18H18N4O. The van der Waals surface area contributed by atoms with Gasteiger partial charge >= 0.3 is 0 Å². The average molecular weight is 306 g/mol. The molecule has 0 radical (unpaired) electrons. The molecule has 0 aromatic carbocycles. The van der Waals surface area contributed by atoms with Crippen LogP contribution in [0, 0.1) is 12.8 Å². The fraction of sp³-hybridized carbons (Fsp3) is 0.278. The van der Waals surface area contributed by atoms with Crippen LogP contribution in [0.1, 0.15) is 40.6 Å². The first kappa shape index (κ1) is 13.9. The van der Waals surface area contributed by atoms with Gasteiger partial charge in [0.15, 0.2) is 0 Å². The van der Waals surface area contributed by atoms with E-state index in [1.54, 1.807) is 12.4 Å². The van der Waals surface area contributed by atoms with Crippen molar-refractivity contribution >= 4 is 11.6 Å². The third kappa shape index (κ3) is 2.70. The highest BCUT2D eigenvalue weighted by Gasteiger charge is 2.35. The van der Waals surface area contributed by atoms with E-state index in [1.807, 2.05) is 47.9 Å². The van der Waals surface area contributed by atoms with Crippen LogP contribution in [0.15, 0.2) is 48.9 Å². The lowest BCUT2D eigenvalue weighted by molar-refractivity contribution is 0.0926. The van der Waals surface area contributed by atoms with Crippen molar-refractivity contribution in [3.05, 3.63) is 65.9 Å². The van der Waals surface area contributed by atoms with Crippen LogP contribution in [-0.4, -0.2) is 20.3 Å². The fourth-order valence-electron chi connectivity index (χ4n) is 2.92. The molecule has 3 aromatic rings. The van der Waals surface area contributed by atoms with Gasteiger partial charge in [-0.1, -0.05) is 12.1 Å². The number of rotatable bonds is 4. The van der Waals surface area contributed by atoms with E-state index in [9.17, 15) is 4.79 Å². The Bertz CT molecular complexity index is 833. The van der Waals surface area contributed by atoms with E-state index in [0.717, 1.165) is 29.7 Å². The van der Waals surface area contributed by atoms with Crippen LogP contribution in [0.4, 0.5) is 0 Å². The van der Waals surface area contributed by atoms with E-state index < -0.39 is 0 Å². The van der Waals surface area contributed by atoms with Crippen molar-refractivity contribution in [3.8, 4) is 0 Å². The summed E-state index contributed by atoms with van der Waals surface area (Å²) in [7, 11) is 0. The summed E-state index contributed by atoms with van der Waals surface area (Å²) in [4.78, 5) is 21.5. The summed E-state index contributed by atoms with van der Waals surface area (Å²) in [5.74, 6) is 0.334. The minimum atomic E-state index is -0.143. The van der Waals surface area contributed by atoms with Gasteiger partial charge in [0, 0.05) is 18.6 Å². The second-order valence-electron chi connectivity index (χ2n) is 6.09. The zero-order valence-corrected chi connectivity index (χ0v) is 12.9. The molecule has 1 aliphatic carbocycles. The van der Waals surface area contributed by atoms with Gasteiger partial charge in [0.1, 0.15) is 11.3 Å². The van der Waals surface area contributed by atoms with Crippen molar-refractivity contribution in [2.75, 3.05) is 0 Å². The third-order valence-electron chi connectivity index (χ3n) is 4.32. The first-order chi connectivity index (χ1) is 11.2. The van der Waals surface area contributed by atoms with Gasteiger partial charge in [-0.2, -0.15) is 0 Å². The van der Waals surface area contributed by atoms with Gasteiger partial charge in [0.05, 0.1) is 11.7 Å². The van der Waals surface area contributed by atoms with Gasteiger partial charge in [0.2, 0.25) is 0 Å². The molecule has 116 valence electrons. The molecule has 1 amide bonds. The monoisotopic (exact) mass is 306 g/mol. The highest BCUT2D eigenvalue weighted by Crippen LogP contribution is 2.41. The highest BCUT2D eigenvalue weighted by atomic mass is 16.2. The lowest BCUT2D eigenvalue weighted by Crippen LogP contribution is -2.31. The fourth-order valence-corrected chi connectivity index (χ4v) is 2.92. The number of hydrogen-bond acceptors (Lipinski definition) is 3. The van der Waals surface area contributed by atoms with E-state index >= 15 is 0 Å². The first-order valence-corrected chi connectivity index (χ1v) is 7.88. The number of carbonyl (C=O) groups excluding carboxylic acids is 1. The van der Waals surface area contributed by atoms with Gasteiger partial charge in [-0.3, -0.25) is 9.78 Å². The summed E-state index contributed by atoms with van der Waals surface area (Å²) in [5.41, 5.74) is 3.29. The van der Waals surface area contributed by atoms with Crippen LogP contribution >= 0.6 is 0 Å². The molecule has 0 bridgehead atoms. The van der Waals surface area contributed by atoms with Crippen molar-refractivity contribution in [1.82, 2.24) is 19.7 Å². The SMILES string of the molecule is Cc1cccnc1[C@@H](NC(=O)c1cn2ccccc2n1)C1CC1. The number of amides is 1. The Morgan fingerprint density at radius 1 is 1.30 bits per heavy atom. The number of hydrogen-bond donors (Lipinski definition) is 1. The van der Waals surface area contributed by atoms with Gasteiger partial charge < -0.3 is 9.72 Å². The standard InChI is InChI=1S/C18H18N4O/c1-12-5-4-9-19-16(12)17(13-7-8-13)21-18(23)14-11-22-10-3-2-6-15(22)20-14/h2-6,9-11,13,17H,7-8H2,1H3,(H,21,23)/t17-/m0/s1. The Kier molecular flexibility index (Phi) is 3.33. The zero-order valence-electron chi connectivity index (χ0n) is 12.9. The Morgan fingerprint density at radius 2 is 2.17 bits per heavy atom. The first-order valence-electron chi connectivity index (χ1n) is 7.88. The second kappa shape index (κ2) is 5.50. The Hall–Kier alpha value is -2.69. The molecule has 1 atom stereocenters. The minimum Gasteiger partial charge on any atom is -0.342 e. The molecule has 3 aromatic heterocycles. The predicted octanol–water partition coefficient (Wildman–Crippen LogP) is 2.92. The molecule has 5 heteroatoms. The number of carbonyl (C=O) groups is 1. The number of pyridine rings is 2. The maximum Gasteiger partial charge on any atom is 0.272 e. The molecule has 0 unspecified atom stereocenters. The van der Waals surface area contributed by atoms with Crippen molar-refractivity contribution in [2.24, 2.45) is 5.92 Å². The smallest absolute Gasteiger partial charge is 0.272 e. The Balaban J connectivity index is 1.61. The topological polar surface area (TPSA) is 59.3 Å². The summed E-state index contributed by atoms with van der Waals surface area (Å²) in [6.45, 7) is 2.04. The van der Waals surface area contributed by atoms with Gasteiger partial charge in [0.25, 0.3) is 5.91 Å². The van der Waals surface area contributed by atoms with Crippen LogP contribution in [0.25, 0.3) is 5.65 Å². The number of nitrogens with zero attached hydrogens (tertiary/aromatic N) is 3. The zero-order chi connectivity index (χ0) is 15.8. The molecule has 23 heavy (non-hydrogen) atoms. The molecule has 1 saturated carbocycles. The molecule has 5 nitrogen and oxygen atoms in total. The van der Waals surface area contributed by atoms with Crippen LogP contribution < -0.4 is 5.32 Å². The molecule has 1 N–H and O–H groups in total. The number of imidazole rings is 1. The van der Waals surface area contributed by atoms with Gasteiger partial charge in [-0.15, -0.1) is 0 Å². The third-order valence-corrected chi connectivity index (χ3v) is 4.32. The van der Waals surface area contributed by atoms with E-state index in [-0.39, 0.29) is 11.9 Å². The summed E-state index contributed by atoms with van der Waals surface area (Å²) in [6, 6.07) is 9.64. The normalized spacial score (nSPS) is 15.5. The Labute approximate surface area is 134 Å². The molecule has 0 saturated heterocycles. The maximum absolute atomic E-state index is 12.6. The average Bonchev–Trinajstić information content (AvgIpc) is 3.31. The summed E-state index contributed by atoms with van der Waals surface area (Å²) < 4.78 is 1.85. The number of fused-ring (bicyclic) bond motifs is 1. The van der Waals surface area contributed by atoms with Gasteiger partial charge in [-0.05, 0) is 49.4 Å². The largest absolute Gasteiger partial charge is 0.342 e. The van der Waals surface area contributed by atoms with E-state index in [0.29, 0.717) is 11.6 Å². The number of nitrogens with one attached hydrogen (secondary N) is 1. The molecule has 4 rings (SSSR count). The summed E-state index contributed by atoms with van der Waals surface area (Å²) >= 11 is 0. The quantitative estimate of drug-likeness (QED) is 0.806. The number of aryl methyl sites for hydroxylation is 1.